The molecule has 0 spiro atoms. The number of halogens is 4. The highest BCUT2D eigenvalue weighted by molar-refractivity contribution is 7.89. The lowest BCUT2D eigenvalue weighted by atomic mass is 10.1. The highest BCUT2D eigenvalue weighted by atomic mass is 32.2. The van der Waals surface area contributed by atoms with Gasteiger partial charge in [0.05, 0.1) is 17.6 Å². The molecule has 1 saturated heterocycles. The van der Waals surface area contributed by atoms with Gasteiger partial charge in [0.25, 0.3) is 5.91 Å². The van der Waals surface area contributed by atoms with Crippen LogP contribution in [-0.2, 0) is 10.0 Å². The first-order valence-electron chi connectivity index (χ1n) is 12.1. The number of amides is 1. The van der Waals surface area contributed by atoms with Crippen LogP contribution in [0.2, 0.25) is 0 Å². The standard InChI is InChI=1S/C26H24F4N6O3S/c27-20-8-6-17(13-22(20)40(38,39)36-11-2-1-3-12-36)25(37)35-24-9-7-19(16-33-24)34-23(26(28,29)30)14-21(31)18-5-4-10-32-15-18/h4-10,13-16,31,34H,1-3,11-12H2,(H,33,35,37)/b23-14-,31-21?. The van der Waals surface area contributed by atoms with Crippen LogP contribution < -0.4 is 10.6 Å². The minimum atomic E-state index is -4.81. The van der Waals surface area contributed by atoms with Crippen LogP contribution in [-0.4, -0.2) is 53.6 Å². The van der Waals surface area contributed by atoms with E-state index in [1.54, 1.807) is 0 Å². The van der Waals surface area contributed by atoms with Gasteiger partial charge in [0.1, 0.15) is 22.2 Å². The van der Waals surface area contributed by atoms with Crippen LogP contribution >= 0.6 is 0 Å². The Morgan fingerprint density at radius 2 is 1.75 bits per heavy atom. The van der Waals surface area contributed by atoms with E-state index in [-0.39, 0.29) is 35.7 Å². The number of hydrogen-bond acceptors (Lipinski definition) is 7. The first-order chi connectivity index (χ1) is 18.9. The first-order valence-corrected chi connectivity index (χ1v) is 13.5. The first kappa shape index (κ1) is 28.8. The largest absolute Gasteiger partial charge is 0.431 e. The molecule has 4 rings (SSSR count). The second-order valence-corrected chi connectivity index (χ2v) is 10.7. The molecule has 210 valence electrons. The molecule has 3 heterocycles. The number of carbonyl (C=O) groups excluding carboxylic acids is 1. The molecule has 0 aliphatic carbocycles. The Labute approximate surface area is 227 Å². The quantitative estimate of drug-likeness (QED) is 0.257. The molecule has 2 aromatic heterocycles. The number of nitrogens with zero attached hydrogens (tertiary/aromatic N) is 3. The Morgan fingerprint density at radius 3 is 2.38 bits per heavy atom. The maximum Gasteiger partial charge on any atom is 0.431 e. The van der Waals surface area contributed by atoms with Gasteiger partial charge in [-0.15, -0.1) is 0 Å². The lowest BCUT2D eigenvalue weighted by Crippen LogP contribution is -2.36. The lowest BCUT2D eigenvalue weighted by Gasteiger charge is -2.26. The van der Waals surface area contributed by atoms with Gasteiger partial charge in [0, 0.05) is 36.6 Å². The van der Waals surface area contributed by atoms with Crippen LogP contribution in [0.4, 0.5) is 29.1 Å². The number of allylic oxidation sites excluding steroid dienone is 2. The predicted octanol–water partition coefficient (Wildman–Crippen LogP) is 4.97. The van der Waals surface area contributed by atoms with Crippen LogP contribution in [0.15, 0.2) is 77.7 Å². The molecule has 0 radical (unpaired) electrons. The Hall–Kier alpha value is -4.17. The average molecular weight is 577 g/mol. The van der Waals surface area contributed by atoms with Gasteiger partial charge in [-0.25, -0.2) is 17.8 Å². The minimum absolute atomic E-state index is 0.0408. The van der Waals surface area contributed by atoms with E-state index >= 15 is 0 Å². The van der Waals surface area contributed by atoms with Gasteiger partial charge in [0.2, 0.25) is 10.0 Å². The molecule has 0 saturated carbocycles. The number of anilines is 2. The van der Waals surface area contributed by atoms with E-state index in [1.807, 2.05) is 0 Å². The monoisotopic (exact) mass is 576 g/mol. The molecule has 40 heavy (non-hydrogen) atoms. The number of carbonyl (C=O) groups is 1. The van der Waals surface area contributed by atoms with Crippen molar-refractivity contribution in [3.63, 3.8) is 0 Å². The molecule has 0 bridgehead atoms. The van der Waals surface area contributed by atoms with Gasteiger partial charge >= 0.3 is 6.18 Å². The number of pyridine rings is 2. The van der Waals surface area contributed by atoms with E-state index in [4.69, 9.17) is 5.41 Å². The summed E-state index contributed by atoms with van der Waals surface area (Å²) in [5.41, 5.74) is -1.65. The van der Waals surface area contributed by atoms with Crippen LogP contribution in [0, 0.1) is 11.2 Å². The molecule has 9 nitrogen and oxygen atoms in total. The van der Waals surface area contributed by atoms with Crippen molar-refractivity contribution in [2.75, 3.05) is 23.7 Å². The summed E-state index contributed by atoms with van der Waals surface area (Å²) >= 11 is 0. The van der Waals surface area contributed by atoms with E-state index in [0.717, 1.165) is 30.8 Å². The third kappa shape index (κ3) is 6.87. The smallest absolute Gasteiger partial charge is 0.350 e. The molecule has 1 amide bonds. The Kier molecular flexibility index (Phi) is 8.59. The predicted molar refractivity (Wildman–Crippen MR) is 140 cm³/mol. The molecule has 1 aliphatic heterocycles. The van der Waals surface area contributed by atoms with Crippen LogP contribution in [0.1, 0.15) is 35.2 Å². The van der Waals surface area contributed by atoms with Crippen LogP contribution in [0.3, 0.4) is 0 Å². The molecule has 1 fully saturated rings. The van der Waals surface area contributed by atoms with E-state index in [0.29, 0.717) is 18.9 Å². The molecule has 0 unspecified atom stereocenters. The maximum atomic E-state index is 14.5. The maximum absolute atomic E-state index is 14.5. The van der Waals surface area contributed by atoms with E-state index in [9.17, 15) is 30.8 Å². The summed E-state index contributed by atoms with van der Waals surface area (Å²) in [7, 11) is -4.14. The molecular formula is C26H24F4N6O3S. The number of benzene rings is 1. The van der Waals surface area contributed by atoms with Gasteiger partial charge in [0.15, 0.2) is 0 Å². The number of nitrogens with one attached hydrogen (secondary N) is 3. The zero-order chi connectivity index (χ0) is 28.9. The van der Waals surface area contributed by atoms with Crippen molar-refractivity contribution in [1.82, 2.24) is 14.3 Å². The van der Waals surface area contributed by atoms with E-state index < -0.39 is 44.2 Å². The van der Waals surface area contributed by atoms with Gasteiger partial charge in [-0.05, 0) is 61.4 Å². The fraction of sp³-hybridized carbons (Fsp3) is 0.231. The summed E-state index contributed by atoms with van der Waals surface area (Å²) in [5, 5.41) is 12.5. The zero-order valence-electron chi connectivity index (χ0n) is 20.9. The number of alkyl halides is 3. The fourth-order valence-electron chi connectivity index (χ4n) is 3.91. The van der Waals surface area contributed by atoms with Crippen molar-refractivity contribution in [2.24, 2.45) is 0 Å². The van der Waals surface area contributed by atoms with Crippen molar-refractivity contribution in [1.29, 1.82) is 5.41 Å². The molecule has 0 atom stereocenters. The highest BCUT2D eigenvalue weighted by Crippen LogP contribution is 2.28. The normalized spacial score (nSPS) is 14.9. The molecule has 1 aromatic carbocycles. The average Bonchev–Trinajstić information content (AvgIpc) is 2.94. The summed E-state index contributed by atoms with van der Waals surface area (Å²) < 4.78 is 82.3. The zero-order valence-corrected chi connectivity index (χ0v) is 21.7. The van der Waals surface area contributed by atoms with Crippen molar-refractivity contribution in [2.45, 2.75) is 30.3 Å². The summed E-state index contributed by atoms with van der Waals surface area (Å²) in [6, 6.07) is 8.36. The Bertz CT molecular complexity index is 1520. The van der Waals surface area contributed by atoms with E-state index in [1.165, 1.54) is 41.0 Å². The third-order valence-corrected chi connectivity index (χ3v) is 7.89. The second kappa shape index (κ2) is 11.9. The highest BCUT2D eigenvalue weighted by Gasteiger charge is 2.34. The summed E-state index contributed by atoms with van der Waals surface area (Å²) in [4.78, 5) is 19.8. The number of piperidine rings is 1. The molecule has 3 N–H and O–H groups in total. The van der Waals surface area contributed by atoms with Gasteiger partial charge in [-0.2, -0.15) is 17.5 Å². The van der Waals surface area contributed by atoms with Crippen molar-refractivity contribution < 1.29 is 30.8 Å². The summed E-state index contributed by atoms with van der Waals surface area (Å²) in [6.07, 6.45) is 1.74. The van der Waals surface area contributed by atoms with Gasteiger partial charge < -0.3 is 16.0 Å². The molecule has 1 aliphatic rings. The number of rotatable bonds is 8. The fourth-order valence-corrected chi connectivity index (χ4v) is 5.52. The number of aromatic nitrogens is 2. The Morgan fingerprint density at radius 1 is 1.00 bits per heavy atom. The third-order valence-electron chi connectivity index (χ3n) is 5.98. The summed E-state index contributed by atoms with van der Waals surface area (Å²) in [5.74, 6) is -1.81. The van der Waals surface area contributed by atoms with Gasteiger partial charge in [-0.1, -0.05) is 6.42 Å². The second-order valence-electron chi connectivity index (χ2n) is 8.83. The van der Waals surface area contributed by atoms with E-state index in [2.05, 4.69) is 20.6 Å². The molecular weight excluding hydrogens is 552 g/mol. The van der Waals surface area contributed by atoms with Crippen molar-refractivity contribution >= 4 is 33.1 Å². The SMILES string of the molecule is N=C(/C=C(\Nc1ccc(NC(=O)c2ccc(F)c(S(=O)(=O)N3CCCCC3)c2)nc1)C(F)(F)F)c1cccnc1. The summed E-state index contributed by atoms with van der Waals surface area (Å²) in [6.45, 7) is 0.524. The van der Waals surface area contributed by atoms with Gasteiger partial charge in [-0.3, -0.25) is 9.78 Å². The minimum Gasteiger partial charge on any atom is -0.350 e. The topological polar surface area (TPSA) is 128 Å². The van der Waals surface area contributed by atoms with Crippen LogP contribution in [0.25, 0.3) is 0 Å². The van der Waals surface area contributed by atoms with Crippen molar-refractivity contribution in [3.05, 3.63) is 89.8 Å². The molecule has 14 heteroatoms. The number of sulfonamides is 1. The number of hydrogen-bond donors (Lipinski definition) is 3. The van der Waals surface area contributed by atoms with Crippen molar-refractivity contribution in [3.8, 4) is 0 Å². The lowest BCUT2D eigenvalue weighted by molar-refractivity contribution is -0.0901. The van der Waals surface area contributed by atoms with Crippen LogP contribution in [0.5, 0.6) is 0 Å². The Balaban J connectivity index is 1.48. The molecule has 3 aromatic rings.